The van der Waals surface area contributed by atoms with Gasteiger partial charge >= 0.3 is 0 Å². The molecule has 0 amide bonds. The average molecular weight is 300 g/mol. The van der Waals surface area contributed by atoms with Gasteiger partial charge in [-0.05, 0) is 25.3 Å². The first-order valence-electron chi connectivity index (χ1n) is 6.75. The Morgan fingerprint density at radius 3 is 2.50 bits per heavy atom. The van der Waals surface area contributed by atoms with Gasteiger partial charge in [0.2, 0.25) is 0 Å². The molecule has 0 radical (unpaired) electrons. The first-order chi connectivity index (χ1) is 10.5. The van der Waals surface area contributed by atoms with Crippen LogP contribution in [0.3, 0.4) is 0 Å². The molecule has 22 heavy (non-hydrogen) atoms. The predicted octanol–water partition coefficient (Wildman–Crippen LogP) is 2.80. The fourth-order valence-corrected chi connectivity index (χ4v) is 2.24. The summed E-state index contributed by atoms with van der Waals surface area (Å²) in [6, 6.07) is 0. The molecule has 0 saturated carbocycles. The normalized spacial score (nSPS) is 17.0. The number of hydrogen-bond donors (Lipinski definition) is 3. The first-order valence-corrected chi connectivity index (χ1v) is 6.75. The Hall–Kier alpha value is -2.82. The maximum absolute atomic E-state index is 12.2. The fourth-order valence-electron chi connectivity index (χ4n) is 2.24. The maximum atomic E-state index is 12.2. The smallest absolute Gasteiger partial charge is 0.193 e. The summed E-state index contributed by atoms with van der Waals surface area (Å²) in [5, 5.41) is 29.6. The highest BCUT2D eigenvalue weighted by Crippen LogP contribution is 2.40. The van der Waals surface area contributed by atoms with Crippen molar-refractivity contribution in [2.45, 2.75) is 13.3 Å². The number of aldehydes is 1. The Bertz CT molecular complexity index is 710. The number of carbonyl (C=O) groups excluding carboxylic acids is 2. The van der Waals surface area contributed by atoms with Crippen molar-refractivity contribution in [2.75, 3.05) is 0 Å². The van der Waals surface area contributed by atoms with Crippen molar-refractivity contribution in [3.05, 3.63) is 53.1 Å². The van der Waals surface area contributed by atoms with Crippen LogP contribution < -0.4 is 0 Å². The van der Waals surface area contributed by atoms with Crippen LogP contribution >= 0.6 is 0 Å². The minimum absolute atomic E-state index is 0.0304. The maximum Gasteiger partial charge on any atom is 0.193 e. The molecule has 114 valence electrons. The summed E-state index contributed by atoms with van der Waals surface area (Å²) >= 11 is 0. The summed E-state index contributed by atoms with van der Waals surface area (Å²) in [5.74, 6) is -2.37. The summed E-state index contributed by atoms with van der Waals surface area (Å²) in [4.78, 5) is 23.2. The summed E-state index contributed by atoms with van der Waals surface area (Å²) < 4.78 is 0. The molecule has 1 unspecified atom stereocenters. The molecule has 3 N–H and O–H groups in total. The second kappa shape index (κ2) is 6.30. The van der Waals surface area contributed by atoms with Crippen LogP contribution in [-0.4, -0.2) is 27.4 Å². The zero-order valence-electron chi connectivity index (χ0n) is 12.0. The molecule has 0 fully saturated rings. The van der Waals surface area contributed by atoms with E-state index < -0.39 is 28.6 Å². The van der Waals surface area contributed by atoms with E-state index in [1.807, 2.05) is 24.3 Å². The molecule has 1 aromatic rings. The van der Waals surface area contributed by atoms with Gasteiger partial charge in [-0.2, -0.15) is 0 Å². The van der Waals surface area contributed by atoms with Gasteiger partial charge in [0, 0.05) is 5.56 Å². The molecule has 0 aromatic heterocycles. The number of allylic oxidation sites excluding steroid dienone is 6. The second-order valence-corrected chi connectivity index (χ2v) is 5.01. The number of hydrogen-bond acceptors (Lipinski definition) is 5. The van der Waals surface area contributed by atoms with Crippen LogP contribution in [0.1, 0.15) is 32.7 Å². The topological polar surface area (TPSA) is 94.8 Å². The van der Waals surface area contributed by atoms with E-state index in [2.05, 4.69) is 0 Å². The molecule has 1 aliphatic rings. The van der Waals surface area contributed by atoms with Crippen molar-refractivity contribution in [3.8, 4) is 17.2 Å². The molecule has 0 aliphatic heterocycles. The number of aromatic hydroxyl groups is 3. The molecule has 0 spiro atoms. The van der Waals surface area contributed by atoms with Gasteiger partial charge in [0.1, 0.15) is 22.8 Å². The van der Waals surface area contributed by atoms with Gasteiger partial charge in [0.15, 0.2) is 12.1 Å². The van der Waals surface area contributed by atoms with E-state index >= 15 is 0 Å². The molecule has 1 atom stereocenters. The van der Waals surface area contributed by atoms with Crippen LogP contribution in [0.2, 0.25) is 0 Å². The Morgan fingerprint density at radius 2 is 1.91 bits per heavy atom. The van der Waals surface area contributed by atoms with E-state index in [-0.39, 0.29) is 23.3 Å². The largest absolute Gasteiger partial charge is 0.507 e. The number of rotatable bonds is 4. The molecule has 2 rings (SSSR count). The molecule has 5 heteroatoms. The Morgan fingerprint density at radius 1 is 1.18 bits per heavy atom. The highest BCUT2D eigenvalue weighted by Gasteiger charge is 2.24. The van der Waals surface area contributed by atoms with Crippen LogP contribution in [0.5, 0.6) is 17.2 Å². The lowest BCUT2D eigenvalue weighted by Crippen LogP contribution is -2.02. The first kappa shape index (κ1) is 15.6. The van der Waals surface area contributed by atoms with Crippen molar-refractivity contribution in [1.82, 2.24) is 0 Å². The number of phenols is 3. The minimum atomic E-state index is -0.718. The van der Waals surface area contributed by atoms with Gasteiger partial charge in [0.25, 0.3) is 0 Å². The van der Waals surface area contributed by atoms with E-state index in [1.165, 1.54) is 13.0 Å². The molecule has 0 bridgehead atoms. The molecule has 5 nitrogen and oxygen atoms in total. The lowest BCUT2D eigenvalue weighted by molar-refractivity contribution is 0.104. The summed E-state index contributed by atoms with van der Waals surface area (Å²) in [6.45, 7) is 1.35. The van der Waals surface area contributed by atoms with Crippen molar-refractivity contribution in [2.24, 2.45) is 5.92 Å². The molecule has 1 aromatic carbocycles. The lowest BCUT2D eigenvalue weighted by Gasteiger charge is -2.12. The van der Waals surface area contributed by atoms with Crippen LogP contribution in [0.25, 0.3) is 0 Å². The average Bonchev–Trinajstić information content (AvgIpc) is 2.52. The summed E-state index contributed by atoms with van der Waals surface area (Å²) in [7, 11) is 0. The SMILES string of the molecule is Cc1c(O)c(C=O)c(O)c(C(=O)C=CC2C=CC=CC2)c1O. The third kappa shape index (κ3) is 2.79. The van der Waals surface area contributed by atoms with Gasteiger partial charge in [-0.25, -0.2) is 0 Å². The van der Waals surface area contributed by atoms with Crippen molar-refractivity contribution in [1.29, 1.82) is 0 Å². The number of carbonyl (C=O) groups is 2. The molecule has 0 saturated heterocycles. The quantitative estimate of drug-likeness (QED) is 0.451. The number of ketones is 1. The number of phenolic OH excluding ortho intramolecular Hbond substituents is 3. The van der Waals surface area contributed by atoms with Gasteiger partial charge < -0.3 is 15.3 Å². The van der Waals surface area contributed by atoms with Gasteiger partial charge in [-0.3, -0.25) is 9.59 Å². The van der Waals surface area contributed by atoms with Crippen molar-refractivity contribution in [3.63, 3.8) is 0 Å². The van der Waals surface area contributed by atoms with Gasteiger partial charge in [-0.1, -0.05) is 30.4 Å². The van der Waals surface area contributed by atoms with E-state index in [1.54, 1.807) is 6.08 Å². The Labute approximate surface area is 127 Å². The van der Waals surface area contributed by atoms with E-state index in [4.69, 9.17) is 0 Å². The van der Waals surface area contributed by atoms with Crippen LogP contribution in [0.4, 0.5) is 0 Å². The van der Waals surface area contributed by atoms with Gasteiger partial charge in [-0.15, -0.1) is 0 Å². The summed E-state index contributed by atoms with van der Waals surface area (Å²) in [6.07, 6.45) is 11.6. The molecular formula is C17H16O5. The Balaban J connectivity index is 2.39. The predicted molar refractivity (Wildman–Crippen MR) is 81.4 cm³/mol. The van der Waals surface area contributed by atoms with Crippen LogP contribution in [0.15, 0.2) is 36.5 Å². The Kier molecular flexibility index (Phi) is 4.46. The van der Waals surface area contributed by atoms with Gasteiger partial charge in [0.05, 0.1) is 5.56 Å². The highest BCUT2D eigenvalue weighted by atomic mass is 16.3. The molecule has 1 aliphatic carbocycles. The zero-order chi connectivity index (χ0) is 16.3. The third-order valence-electron chi connectivity index (χ3n) is 3.57. The van der Waals surface area contributed by atoms with Crippen molar-refractivity contribution < 1.29 is 24.9 Å². The standard InChI is InChI=1S/C17H16O5/c1-10-15(20)12(9-18)17(22)14(16(10)21)13(19)8-7-11-5-3-2-4-6-11/h2-5,7-9,11,20-22H,6H2,1H3. The highest BCUT2D eigenvalue weighted by molar-refractivity contribution is 6.11. The van der Waals surface area contributed by atoms with E-state index in [0.29, 0.717) is 0 Å². The zero-order valence-corrected chi connectivity index (χ0v) is 12.0. The van der Waals surface area contributed by atoms with Crippen molar-refractivity contribution >= 4 is 12.1 Å². The van der Waals surface area contributed by atoms with Crippen LogP contribution in [-0.2, 0) is 0 Å². The van der Waals surface area contributed by atoms with Crippen LogP contribution in [0, 0.1) is 12.8 Å². The minimum Gasteiger partial charge on any atom is -0.507 e. The van der Waals surface area contributed by atoms with E-state index in [0.717, 1.165) is 6.42 Å². The molecular weight excluding hydrogens is 284 g/mol. The summed E-state index contributed by atoms with van der Waals surface area (Å²) in [5.41, 5.74) is -0.825. The lowest BCUT2D eigenvalue weighted by atomic mass is 9.96. The monoisotopic (exact) mass is 300 g/mol. The van der Waals surface area contributed by atoms with E-state index in [9.17, 15) is 24.9 Å². The molecule has 0 heterocycles. The fraction of sp³-hybridized carbons (Fsp3) is 0.176. The third-order valence-corrected chi connectivity index (χ3v) is 3.57. The number of benzene rings is 1. The second-order valence-electron chi connectivity index (χ2n) is 5.01.